The summed E-state index contributed by atoms with van der Waals surface area (Å²) in [4.78, 5) is 2.18. The molecule has 11 heavy (non-hydrogen) atoms. The predicted molar refractivity (Wildman–Crippen MR) is 47.9 cm³/mol. The van der Waals surface area contributed by atoms with Gasteiger partial charge in [0, 0.05) is 13.1 Å². The Hall–Kier alpha value is -0.530. The highest BCUT2D eigenvalue weighted by Gasteiger charge is 2.21. The number of nitrogens with one attached hydrogen (secondary N) is 1. The molecule has 1 rings (SSSR count). The summed E-state index contributed by atoms with van der Waals surface area (Å²) in [5.74, 6) is 2.25. The molecule has 0 amide bonds. The maximum absolute atomic E-state index is 7.49. The van der Waals surface area contributed by atoms with Crippen LogP contribution in [0.25, 0.3) is 0 Å². The van der Waals surface area contributed by atoms with Crippen molar-refractivity contribution in [3.05, 3.63) is 0 Å². The number of amidine groups is 1. The van der Waals surface area contributed by atoms with Gasteiger partial charge in [-0.15, -0.1) is 0 Å². The van der Waals surface area contributed by atoms with Crippen LogP contribution in [0.5, 0.6) is 0 Å². The van der Waals surface area contributed by atoms with Crippen molar-refractivity contribution in [1.29, 1.82) is 5.41 Å². The summed E-state index contributed by atoms with van der Waals surface area (Å²) in [5.41, 5.74) is 0. The topological polar surface area (TPSA) is 27.1 Å². The molecule has 0 aromatic carbocycles. The number of nitrogens with zero attached hydrogens (tertiary/aromatic N) is 1. The van der Waals surface area contributed by atoms with Crippen LogP contribution in [0, 0.1) is 17.2 Å². The molecule has 2 heteroatoms. The first-order valence-electron chi connectivity index (χ1n) is 4.39. The number of piperidine rings is 1. The van der Waals surface area contributed by atoms with Gasteiger partial charge in [0.1, 0.15) is 0 Å². The molecule has 0 aromatic heterocycles. The molecule has 1 aliphatic heterocycles. The van der Waals surface area contributed by atoms with E-state index < -0.39 is 0 Å². The lowest BCUT2D eigenvalue weighted by Crippen LogP contribution is -2.41. The van der Waals surface area contributed by atoms with Crippen molar-refractivity contribution in [2.75, 3.05) is 13.1 Å². The zero-order valence-corrected chi connectivity index (χ0v) is 7.72. The third kappa shape index (κ3) is 2.21. The molecule has 0 bridgehead atoms. The van der Waals surface area contributed by atoms with Gasteiger partial charge in [0.05, 0.1) is 5.84 Å². The van der Waals surface area contributed by atoms with Crippen molar-refractivity contribution in [3.8, 4) is 0 Å². The first-order chi connectivity index (χ1) is 5.09. The molecule has 1 N–H and O–H groups in total. The van der Waals surface area contributed by atoms with E-state index in [0.29, 0.717) is 0 Å². The minimum absolute atomic E-state index is 0.725. The Morgan fingerprint density at radius 2 is 1.73 bits per heavy atom. The normalized spacial score (nSPS) is 32.1. The van der Waals surface area contributed by atoms with Gasteiger partial charge in [0.15, 0.2) is 0 Å². The van der Waals surface area contributed by atoms with Crippen LogP contribution in [0.1, 0.15) is 27.2 Å². The van der Waals surface area contributed by atoms with Crippen LogP contribution >= 0.6 is 0 Å². The van der Waals surface area contributed by atoms with Crippen LogP contribution in [-0.4, -0.2) is 23.8 Å². The number of hydrogen-bond donors (Lipinski definition) is 1. The smallest absolute Gasteiger partial charge is 0.0926 e. The van der Waals surface area contributed by atoms with Gasteiger partial charge in [0.2, 0.25) is 0 Å². The summed E-state index contributed by atoms with van der Waals surface area (Å²) in [6.45, 7) is 8.58. The summed E-state index contributed by atoms with van der Waals surface area (Å²) < 4.78 is 0. The Balaban J connectivity index is 2.49. The molecule has 1 heterocycles. The molecular weight excluding hydrogens is 136 g/mol. The van der Waals surface area contributed by atoms with Crippen molar-refractivity contribution < 1.29 is 0 Å². The van der Waals surface area contributed by atoms with Crippen molar-refractivity contribution in [2.24, 2.45) is 11.8 Å². The van der Waals surface area contributed by atoms with E-state index in [-0.39, 0.29) is 0 Å². The fourth-order valence-electron chi connectivity index (χ4n) is 1.94. The van der Waals surface area contributed by atoms with Gasteiger partial charge in [-0.05, 0) is 25.2 Å². The Morgan fingerprint density at radius 1 is 1.27 bits per heavy atom. The van der Waals surface area contributed by atoms with Crippen LogP contribution in [0.2, 0.25) is 0 Å². The highest BCUT2D eigenvalue weighted by molar-refractivity contribution is 5.76. The van der Waals surface area contributed by atoms with Crippen molar-refractivity contribution in [3.63, 3.8) is 0 Å². The molecule has 0 radical (unpaired) electrons. The third-order valence-corrected chi connectivity index (χ3v) is 2.34. The average molecular weight is 154 g/mol. The van der Waals surface area contributed by atoms with Gasteiger partial charge in [-0.3, -0.25) is 5.41 Å². The largest absolute Gasteiger partial charge is 0.360 e. The van der Waals surface area contributed by atoms with E-state index in [1.54, 1.807) is 0 Å². The standard InChI is InChI=1S/C9H18N2/c1-7-4-8(2)6-11(5-7)9(3)10/h7-8,10H,4-6H2,1-3H3. The summed E-state index contributed by atoms with van der Waals surface area (Å²) >= 11 is 0. The highest BCUT2D eigenvalue weighted by Crippen LogP contribution is 2.20. The monoisotopic (exact) mass is 154 g/mol. The summed E-state index contributed by atoms with van der Waals surface area (Å²) in [6, 6.07) is 0. The van der Waals surface area contributed by atoms with Crippen LogP contribution in [0.15, 0.2) is 0 Å². The van der Waals surface area contributed by atoms with E-state index in [2.05, 4.69) is 18.7 Å². The second-order valence-corrected chi connectivity index (χ2v) is 3.94. The maximum atomic E-state index is 7.49. The van der Waals surface area contributed by atoms with Gasteiger partial charge in [0.25, 0.3) is 0 Å². The summed E-state index contributed by atoms with van der Waals surface area (Å²) in [7, 11) is 0. The van der Waals surface area contributed by atoms with Crippen LogP contribution in [0.4, 0.5) is 0 Å². The van der Waals surface area contributed by atoms with Gasteiger partial charge in [-0.1, -0.05) is 13.8 Å². The Kier molecular flexibility index (Phi) is 2.53. The second kappa shape index (κ2) is 3.24. The molecule has 1 aliphatic rings. The molecule has 0 aromatic rings. The Bertz CT molecular complexity index is 144. The SMILES string of the molecule is CC(=N)N1CC(C)CC(C)C1. The van der Waals surface area contributed by atoms with Crippen LogP contribution in [-0.2, 0) is 0 Å². The quantitative estimate of drug-likeness (QED) is 0.419. The van der Waals surface area contributed by atoms with Crippen LogP contribution < -0.4 is 0 Å². The fourth-order valence-corrected chi connectivity index (χ4v) is 1.94. The lowest BCUT2D eigenvalue weighted by molar-refractivity contribution is 0.212. The van der Waals surface area contributed by atoms with Crippen molar-refractivity contribution in [1.82, 2.24) is 4.90 Å². The molecule has 0 saturated carbocycles. The first kappa shape index (κ1) is 8.57. The van der Waals surface area contributed by atoms with Gasteiger partial charge in [-0.25, -0.2) is 0 Å². The van der Waals surface area contributed by atoms with Crippen molar-refractivity contribution in [2.45, 2.75) is 27.2 Å². The average Bonchev–Trinajstić information content (AvgIpc) is 1.85. The zero-order chi connectivity index (χ0) is 8.43. The first-order valence-corrected chi connectivity index (χ1v) is 4.39. The molecule has 1 fully saturated rings. The van der Waals surface area contributed by atoms with Crippen molar-refractivity contribution >= 4 is 5.84 Å². The van der Waals surface area contributed by atoms with E-state index in [1.807, 2.05) is 6.92 Å². The highest BCUT2D eigenvalue weighted by atomic mass is 15.2. The van der Waals surface area contributed by atoms with Gasteiger partial charge >= 0.3 is 0 Å². The van der Waals surface area contributed by atoms with E-state index in [0.717, 1.165) is 30.8 Å². The lowest BCUT2D eigenvalue weighted by Gasteiger charge is -2.35. The molecule has 1 saturated heterocycles. The Morgan fingerprint density at radius 3 is 2.09 bits per heavy atom. The predicted octanol–water partition coefficient (Wildman–Crippen LogP) is 1.96. The van der Waals surface area contributed by atoms with E-state index in [1.165, 1.54) is 6.42 Å². The molecular formula is C9H18N2. The number of likely N-dealkylation sites (tertiary alicyclic amines) is 1. The lowest BCUT2D eigenvalue weighted by atomic mass is 9.92. The molecule has 0 aliphatic carbocycles. The molecule has 64 valence electrons. The Labute approximate surface area is 69.1 Å². The van der Waals surface area contributed by atoms with E-state index in [9.17, 15) is 0 Å². The summed E-state index contributed by atoms with van der Waals surface area (Å²) in [6.07, 6.45) is 1.32. The maximum Gasteiger partial charge on any atom is 0.0926 e. The number of hydrogen-bond acceptors (Lipinski definition) is 1. The number of rotatable bonds is 0. The minimum Gasteiger partial charge on any atom is -0.360 e. The van der Waals surface area contributed by atoms with E-state index in [4.69, 9.17) is 5.41 Å². The third-order valence-electron chi connectivity index (χ3n) is 2.34. The van der Waals surface area contributed by atoms with Gasteiger partial charge < -0.3 is 4.90 Å². The summed E-state index contributed by atoms with van der Waals surface area (Å²) in [5, 5.41) is 7.49. The minimum atomic E-state index is 0.725. The fraction of sp³-hybridized carbons (Fsp3) is 0.889. The molecule has 2 unspecified atom stereocenters. The van der Waals surface area contributed by atoms with Crippen LogP contribution in [0.3, 0.4) is 0 Å². The molecule has 0 spiro atoms. The molecule has 2 atom stereocenters. The second-order valence-electron chi connectivity index (χ2n) is 3.94. The molecule has 2 nitrogen and oxygen atoms in total. The van der Waals surface area contributed by atoms with Gasteiger partial charge in [-0.2, -0.15) is 0 Å². The van der Waals surface area contributed by atoms with E-state index >= 15 is 0 Å². The zero-order valence-electron chi connectivity index (χ0n) is 7.72.